The van der Waals surface area contributed by atoms with Crippen molar-refractivity contribution >= 4 is 26.6 Å². The average Bonchev–Trinajstić information content (AvgIpc) is 3.06. The highest BCUT2D eigenvalue weighted by Crippen LogP contribution is 2.37. The molecular formula is C20H18F2N2O3S. The van der Waals surface area contributed by atoms with Crippen molar-refractivity contribution in [2.24, 2.45) is 5.73 Å². The molecule has 0 radical (unpaired) electrons. The first-order chi connectivity index (χ1) is 13.2. The number of carbonyl (C=O) groups is 1. The largest absolute Gasteiger partial charge is 0.366 e. The number of hydrogen-bond acceptors (Lipinski definition) is 3. The number of H-pyrrole nitrogens is 1. The molecule has 5 nitrogen and oxygen atoms in total. The lowest BCUT2D eigenvalue weighted by atomic mass is 9.90. The minimum absolute atomic E-state index is 0.00870. The van der Waals surface area contributed by atoms with E-state index in [1.54, 1.807) is 12.3 Å². The van der Waals surface area contributed by atoms with E-state index in [-0.39, 0.29) is 28.6 Å². The number of amides is 1. The Labute approximate surface area is 160 Å². The summed E-state index contributed by atoms with van der Waals surface area (Å²) in [6, 6.07) is 6.25. The Morgan fingerprint density at radius 1 is 1.11 bits per heavy atom. The van der Waals surface area contributed by atoms with Gasteiger partial charge in [0.15, 0.2) is 0 Å². The third kappa shape index (κ3) is 3.28. The van der Waals surface area contributed by atoms with E-state index in [0.717, 1.165) is 23.8 Å². The minimum atomic E-state index is -3.02. The number of primary amides is 1. The minimum Gasteiger partial charge on any atom is -0.366 e. The van der Waals surface area contributed by atoms with Crippen LogP contribution in [0.5, 0.6) is 0 Å². The molecule has 2 aromatic carbocycles. The summed E-state index contributed by atoms with van der Waals surface area (Å²) in [5.41, 5.74) is 7.41. The van der Waals surface area contributed by atoms with Crippen molar-refractivity contribution in [2.75, 3.05) is 11.5 Å². The molecule has 3 N–H and O–H groups in total. The molecule has 1 aromatic heterocycles. The number of benzene rings is 2. The van der Waals surface area contributed by atoms with Crippen molar-refractivity contribution in [1.29, 1.82) is 0 Å². The Hall–Kier alpha value is -2.74. The first-order valence-electron chi connectivity index (χ1n) is 8.86. The van der Waals surface area contributed by atoms with Gasteiger partial charge in [-0.3, -0.25) is 4.79 Å². The van der Waals surface area contributed by atoms with Gasteiger partial charge in [0.2, 0.25) is 0 Å². The molecule has 0 bridgehead atoms. The maximum absolute atomic E-state index is 14.3. The second kappa shape index (κ2) is 6.70. The number of sulfone groups is 1. The smallest absolute Gasteiger partial charge is 0.250 e. The molecule has 0 spiro atoms. The van der Waals surface area contributed by atoms with Crippen LogP contribution in [0.25, 0.3) is 22.0 Å². The molecule has 1 saturated heterocycles. The van der Waals surface area contributed by atoms with E-state index in [9.17, 15) is 22.0 Å². The summed E-state index contributed by atoms with van der Waals surface area (Å²) in [5, 5.41) is 0.666. The number of hydrogen-bond donors (Lipinski definition) is 2. The van der Waals surface area contributed by atoms with E-state index in [0.29, 0.717) is 29.3 Å². The van der Waals surface area contributed by atoms with Crippen molar-refractivity contribution < 1.29 is 22.0 Å². The van der Waals surface area contributed by atoms with Gasteiger partial charge in [0.05, 0.1) is 22.6 Å². The van der Waals surface area contributed by atoms with Crippen molar-refractivity contribution in [3.63, 3.8) is 0 Å². The van der Waals surface area contributed by atoms with E-state index in [2.05, 4.69) is 4.98 Å². The third-order valence-electron chi connectivity index (χ3n) is 5.32. The van der Waals surface area contributed by atoms with E-state index >= 15 is 0 Å². The lowest BCUT2D eigenvalue weighted by molar-refractivity contribution is 0.100. The van der Waals surface area contributed by atoms with Crippen LogP contribution in [0.2, 0.25) is 0 Å². The van der Waals surface area contributed by atoms with Gasteiger partial charge in [0.25, 0.3) is 5.91 Å². The van der Waals surface area contributed by atoms with Crippen LogP contribution in [0.15, 0.2) is 36.5 Å². The standard InChI is InChI=1S/C20H18F2N2O3S/c21-13-1-2-18(22)14(9-13)12-7-15-17(11-3-5-28(26,27)6-4-11)10-24-19(15)16(8-12)20(23)25/h1-2,7-11,24H,3-6H2,(H2,23,25). The van der Waals surface area contributed by atoms with Gasteiger partial charge >= 0.3 is 0 Å². The molecule has 4 rings (SSSR count). The highest BCUT2D eigenvalue weighted by Gasteiger charge is 2.27. The zero-order chi connectivity index (χ0) is 20.1. The number of nitrogens with two attached hydrogens (primary N) is 1. The molecule has 1 amide bonds. The van der Waals surface area contributed by atoms with Gasteiger partial charge in [0.1, 0.15) is 21.5 Å². The second-order valence-electron chi connectivity index (χ2n) is 7.10. The first kappa shape index (κ1) is 18.6. The highest BCUT2D eigenvalue weighted by atomic mass is 32.2. The summed E-state index contributed by atoms with van der Waals surface area (Å²) in [7, 11) is -3.02. The van der Waals surface area contributed by atoms with Crippen LogP contribution < -0.4 is 5.73 Å². The summed E-state index contributed by atoms with van der Waals surface area (Å²) in [6.45, 7) is 0. The van der Waals surface area contributed by atoms with Crippen LogP contribution in [-0.4, -0.2) is 30.8 Å². The summed E-state index contributed by atoms with van der Waals surface area (Å²) >= 11 is 0. The Balaban J connectivity index is 1.89. The topological polar surface area (TPSA) is 93.0 Å². The predicted octanol–water partition coefficient (Wildman–Crippen LogP) is 3.50. The number of aromatic amines is 1. The van der Waals surface area contributed by atoms with Gasteiger partial charge in [-0.25, -0.2) is 17.2 Å². The SMILES string of the molecule is NC(=O)c1cc(-c2cc(F)ccc2F)cc2c(C3CCS(=O)(=O)CC3)c[nH]c12. The van der Waals surface area contributed by atoms with Gasteiger partial charge in [-0.15, -0.1) is 0 Å². The second-order valence-corrected chi connectivity index (χ2v) is 9.41. The number of aromatic nitrogens is 1. The molecule has 1 fully saturated rings. The fraction of sp³-hybridized carbons (Fsp3) is 0.250. The van der Waals surface area contributed by atoms with E-state index in [1.165, 1.54) is 6.07 Å². The van der Waals surface area contributed by atoms with Gasteiger partial charge in [0, 0.05) is 17.1 Å². The Bertz CT molecular complexity index is 1190. The first-order valence-corrected chi connectivity index (χ1v) is 10.7. The molecule has 1 aliphatic rings. The third-order valence-corrected chi connectivity index (χ3v) is 7.04. The molecule has 8 heteroatoms. The van der Waals surface area contributed by atoms with Gasteiger partial charge in [-0.2, -0.15) is 0 Å². The average molecular weight is 404 g/mol. The monoisotopic (exact) mass is 404 g/mol. The number of carbonyl (C=O) groups excluding carboxylic acids is 1. The molecule has 2 heterocycles. The summed E-state index contributed by atoms with van der Waals surface area (Å²) in [5.74, 6) is -1.70. The molecule has 146 valence electrons. The van der Waals surface area contributed by atoms with Crippen LogP contribution in [-0.2, 0) is 9.84 Å². The molecule has 0 atom stereocenters. The Kier molecular flexibility index (Phi) is 4.45. The molecule has 0 aliphatic carbocycles. The van der Waals surface area contributed by atoms with E-state index < -0.39 is 27.4 Å². The summed E-state index contributed by atoms with van der Waals surface area (Å²) < 4.78 is 51.4. The van der Waals surface area contributed by atoms with Crippen molar-refractivity contribution in [1.82, 2.24) is 4.98 Å². The maximum atomic E-state index is 14.3. The van der Waals surface area contributed by atoms with Crippen molar-refractivity contribution in [2.45, 2.75) is 18.8 Å². The van der Waals surface area contributed by atoms with Gasteiger partial charge in [-0.05, 0) is 60.2 Å². The number of fused-ring (bicyclic) bond motifs is 1. The lowest BCUT2D eigenvalue weighted by Crippen LogP contribution is -2.22. The molecule has 28 heavy (non-hydrogen) atoms. The molecule has 0 saturated carbocycles. The van der Waals surface area contributed by atoms with Crippen molar-refractivity contribution in [3.8, 4) is 11.1 Å². The lowest BCUT2D eigenvalue weighted by Gasteiger charge is -2.21. The zero-order valence-electron chi connectivity index (χ0n) is 14.8. The van der Waals surface area contributed by atoms with Crippen molar-refractivity contribution in [3.05, 3.63) is 59.3 Å². The molecule has 0 unspecified atom stereocenters. The van der Waals surface area contributed by atoms with E-state index in [4.69, 9.17) is 5.73 Å². The number of rotatable bonds is 3. The number of nitrogens with one attached hydrogen (secondary N) is 1. The van der Waals surface area contributed by atoms with E-state index in [1.807, 2.05) is 0 Å². The Morgan fingerprint density at radius 3 is 2.50 bits per heavy atom. The molecule has 3 aromatic rings. The van der Waals surface area contributed by atoms with Crippen LogP contribution in [0, 0.1) is 11.6 Å². The zero-order valence-corrected chi connectivity index (χ0v) is 15.7. The summed E-state index contributed by atoms with van der Waals surface area (Å²) in [6.07, 6.45) is 2.69. The quantitative estimate of drug-likeness (QED) is 0.700. The maximum Gasteiger partial charge on any atom is 0.250 e. The predicted molar refractivity (Wildman–Crippen MR) is 103 cm³/mol. The van der Waals surface area contributed by atoms with Crippen LogP contribution in [0.1, 0.15) is 34.7 Å². The molecule has 1 aliphatic heterocycles. The normalized spacial score (nSPS) is 17.1. The Morgan fingerprint density at radius 2 is 1.82 bits per heavy atom. The molecular weight excluding hydrogens is 386 g/mol. The fourth-order valence-electron chi connectivity index (χ4n) is 3.86. The van der Waals surface area contributed by atoms with Crippen LogP contribution in [0.3, 0.4) is 0 Å². The number of halogens is 2. The van der Waals surface area contributed by atoms with Crippen LogP contribution in [0.4, 0.5) is 8.78 Å². The van der Waals surface area contributed by atoms with Crippen LogP contribution >= 0.6 is 0 Å². The van der Waals surface area contributed by atoms with Gasteiger partial charge < -0.3 is 10.7 Å². The highest BCUT2D eigenvalue weighted by molar-refractivity contribution is 7.91. The summed E-state index contributed by atoms with van der Waals surface area (Å²) in [4.78, 5) is 15.0. The fourth-order valence-corrected chi connectivity index (χ4v) is 5.35. The van der Waals surface area contributed by atoms with Gasteiger partial charge in [-0.1, -0.05) is 0 Å².